The van der Waals surface area contributed by atoms with Crippen LogP contribution < -0.4 is 10.1 Å². The van der Waals surface area contributed by atoms with E-state index >= 15 is 0 Å². The fraction of sp³-hybridized carbons (Fsp3) is 0.526. The number of nitrogens with one attached hydrogen (secondary N) is 1. The van der Waals surface area contributed by atoms with Gasteiger partial charge >= 0.3 is 0 Å². The highest BCUT2D eigenvalue weighted by atomic mass is 32.1. The van der Waals surface area contributed by atoms with Crippen LogP contribution >= 0.6 is 11.3 Å². The van der Waals surface area contributed by atoms with E-state index in [1.165, 1.54) is 37.0 Å². The van der Waals surface area contributed by atoms with Crippen molar-refractivity contribution in [1.82, 2.24) is 15.3 Å². The van der Waals surface area contributed by atoms with Gasteiger partial charge in [0.2, 0.25) is 0 Å². The highest BCUT2D eigenvalue weighted by molar-refractivity contribution is 7.13. The first-order chi connectivity index (χ1) is 12.1. The minimum absolute atomic E-state index is 0.00477. The van der Waals surface area contributed by atoms with Crippen LogP contribution in [0.5, 0.6) is 5.75 Å². The number of ether oxygens (including phenoxy) is 1. The monoisotopic (exact) mass is 359 g/mol. The van der Waals surface area contributed by atoms with Gasteiger partial charge in [-0.15, -0.1) is 11.3 Å². The number of pyridine rings is 1. The molecule has 25 heavy (non-hydrogen) atoms. The Hall–Kier alpha value is -1.95. The Balaban J connectivity index is 1.59. The summed E-state index contributed by atoms with van der Waals surface area (Å²) in [7, 11) is 0. The molecule has 1 amide bonds. The average molecular weight is 359 g/mol. The predicted molar refractivity (Wildman–Crippen MR) is 99.1 cm³/mol. The maximum Gasteiger partial charge on any atom is 0.263 e. The topological polar surface area (TPSA) is 64.1 Å². The van der Waals surface area contributed by atoms with Gasteiger partial charge in [0.25, 0.3) is 5.91 Å². The zero-order chi connectivity index (χ0) is 17.6. The van der Waals surface area contributed by atoms with Gasteiger partial charge in [0, 0.05) is 11.7 Å². The first kappa shape index (κ1) is 17.9. The van der Waals surface area contributed by atoms with Gasteiger partial charge in [-0.1, -0.05) is 25.7 Å². The van der Waals surface area contributed by atoms with Crippen LogP contribution in [0.1, 0.15) is 64.6 Å². The molecule has 0 saturated heterocycles. The van der Waals surface area contributed by atoms with Crippen molar-refractivity contribution in [2.75, 3.05) is 0 Å². The number of hydrogen-bond acceptors (Lipinski definition) is 5. The highest BCUT2D eigenvalue weighted by Crippen LogP contribution is 2.22. The summed E-state index contributed by atoms with van der Waals surface area (Å²) in [5.74, 6) is 0.716. The maximum absolute atomic E-state index is 12.6. The number of rotatable bonds is 5. The van der Waals surface area contributed by atoms with E-state index in [4.69, 9.17) is 4.74 Å². The fourth-order valence-electron chi connectivity index (χ4n) is 3.08. The summed E-state index contributed by atoms with van der Waals surface area (Å²) in [6, 6.07) is 4.10. The largest absolute Gasteiger partial charge is 0.485 e. The molecule has 0 spiro atoms. The van der Waals surface area contributed by atoms with Gasteiger partial charge in [-0.05, 0) is 38.8 Å². The molecular formula is C19H25N3O2S. The number of hydrogen-bond donors (Lipinski definition) is 1. The number of thiazole rings is 1. The van der Waals surface area contributed by atoms with Gasteiger partial charge in [0.15, 0.2) is 0 Å². The molecule has 134 valence electrons. The lowest BCUT2D eigenvalue weighted by Gasteiger charge is -2.15. The third kappa shape index (κ3) is 5.01. The van der Waals surface area contributed by atoms with Crippen LogP contribution in [0.25, 0.3) is 0 Å². The van der Waals surface area contributed by atoms with Crippen LogP contribution in [0.3, 0.4) is 0 Å². The lowest BCUT2D eigenvalue weighted by atomic mass is 10.1. The van der Waals surface area contributed by atoms with Crippen molar-refractivity contribution >= 4 is 17.2 Å². The molecule has 0 aliphatic heterocycles. The normalized spacial score (nSPS) is 15.6. The Morgan fingerprint density at radius 2 is 2.00 bits per heavy atom. The predicted octanol–water partition coefficient (Wildman–Crippen LogP) is 4.19. The quantitative estimate of drug-likeness (QED) is 0.813. The molecule has 2 aromatic rings. The van der Waals surface area contributed by atoms with E-state index in [1.54, 1.807) is 6.20 Å². The van der Waals surface area contributed by atoms with Crippen LogP contribution in [-0.4, -0.2) is 21.9 Å². The summed E-state index contributed by atoms with van der Waals surface area (Å²) in [6.45, 7) is 4.18. The van der Waals surface area contributed by atoms with Crippen molar-refractivity contribution in [3.63, 3.8) is 0 Å². The van der Waals surface area contributed by atoms with E-state index < -0.39 is 0 Å². The SMILES string of the molecule is Cc1ccc(OCc2nc(C)c(C(=O)NC3CCCCCC3)s2)cn1. The van der Waals surface area contributed by atoms with E-state index in [-0.39, 0.29) is 5.91 Å². The Kier molecular flexibility index (Phi) is 6.02. The van der Waals surface area contributed by atoms with Crippen LogP contribution in [0.4, 0.5) is 0 Å². The molecule has 0 aromatic carbocycles. The summed E-state index contributed by atoms with van der Waals surface area (Å²) in [5, 5.41) is 4.00. The highest BCUT2D eigenvalue weighted by Gasteiger charge is 2.20. The summed E-state index contributed by atoms with van der Waals surface area (Å²) in [6.07, 6.45) is 8.84. The smallest absolute Gasteiger partial charge is 0.263 e. The number of carbonyl (C=O) groups is 1. The second kappa shape index (κ2) is 8.43. The van der Waals surface area contributed by atoms with Gasteiger partial charge in [0.1, 0.15) is 22.2 Å². The molecule has 1 saturated carbocycles. The molecular weight excluding hydrogens is 334 g/mol. The van der Waals surface area contributed by atoms with Crippen molar-refractivity contribution in [3.05, 3.63) is 39.6 Å². The van der Waals surface area contributed by atoms with E-state index in [0.29, 0.717) is 23.3 Å². The molecule has 2 heterocycles. The molecule has 0 atom stereocenters. The third-order valence-corrected chi connectivity index (χ3v) is 5.61. The van der Waals surface area contributed by atoms with Gasteiger partial charge in [-0.3, -0.25) is 9.78 Å². The molecule has 3 rings (SSSR count). The lowest BCUT2D eigenvalue weighted by Crippen LogP contribution is -2.34. The molecule has 1 aliphatic carbocycles. The molecule has 1 aliphatic rings. The molecule has 0 unspecified atom stereocenters. The summed E-state index contributed by atoms with van der Waals surface area (Å²) in [5.41, 5.74) is 1.73. The van der Waals surface area contributed by atoms with Crippen LogP contribution in [-0.2, 0) is 6.61 Å². The second-order valence-corrected chi connectivity index (χ2v) is 7.69. The van der Waals surface area contributed by atoms with Crippen molar-refractivity contribution in [2.24, 2.45) is 0 Å². The van der Waals surface area contributed by atoms with E-state index in [0.717, 1.165) is 29.2 Å². The van der Waals surface area contributed by atoms with Crippen molar-refractivity contribution in [3.8, 4) is 5.75 Å². The maximum atomic E-state index is 12.6. The fourth-order valence-corrected chi connectivity index (χ4v) is 3.97. The van der Waals surface area contributed by atoms with Gasteiger partial charge in [0.05, 0.1) is 11.9 Å². The molecule has 1 fully saturated rings. The minimum atomic E-state index is 0.00477. The lowest BCUT2D eigenvalue weighted by molar-refractivity contribution is 0.0936. The molecule has 1 N–H and O–H groups in total. The minimum Gasteiger partial charge on any atom is -0.485 e. The Labute approximate surface area is 152 Å². The van der Waals surface area contributed by atoms with E-state index in [1.807, 2.05) is 26.0 Å². The molecule has 0 bridgehead atoms. The molecule has 5 nitrogen and oxygen atoms in total. The number of carbonyl (C=O) groups excluding carboxylic acids is 1. The van der Waals surface area contributed by atoms with E-state index in [2.05, 4.69) is 15.3 Å². The summed E-state index contributed by atoms with van der Waals surface area (Å²) in [4.78, 5) is 22.0. The average Bonchev–Trinajstić information content (AvgIpc) is 2.80. The third-order valence-electron chi connectivity index (χ3n) is 4.48. The summed E-state index contributed by atoms with van der Waals surface area (Å²) < 4.78 is 5.72. The Bertz CT molecular complexity index is 704. The summed E-state index contributed by atoms with van der Waals surface area (Å²) >= 11 is 1.42. The number of amides is 1. The van der Waals surface area contributed by atoms with Crippen molar-refractivity contribution in [1.29, 1.82) is 0 Å². The van der Waals surface area contributed by atoms with Gasteiger partial charge < -0.3 is 10.1 Å². The number of aryl methyl sites for hydroxylation is 2. The molecule has 2 aromatic heterocycles. The van der Waals surface area contributed by atoms with Crippen molar-refractivity contribution < 1.29 is 9.53 Å². The van der Waals surface area contributed by atoms with Crippen molar-refractivity contribution in [2.45, 2.75) is 65.0 Å². The molecule has 0 radical (unpaired) electrons. The second-order valence-electron chi connectivity index (χ2n) is 6.61. The zero-order valence-electron chi connectivity index (χ0n) is 14.9. The zero-order valence-corrected chi connectivity index (χ0v) is 15.7. The number of aromatic nitrogens is 2. The van der Waals surface area contributed by atoms with Crippen LogP contribution in [0.15, 0.2) is 18.3 Å². The Morgan fingerprint density at radius 3 is 2.68 bits per heavy atom. The first-order valence-corrected chi connectivity index (χ1v) is 9.76. The van der Waals surface area contributed by atoms with E-state index in [9.17, 15) is 4.79 Å². The van der Waals surface area contributed by atoms with Gasteiger partial charge in [-0.2, -0.15) is 0 Å². The van der Waals surface area contributed by atoms with Gasteiger partial charge in [-0.25, -0.2) is 4.98 Å². The standard InChI is InChI=1S/C19H25N3O2S/c1-13-9-10-16(11-20-13)24-12-17-21-14(2)18(25-17)19(23)22-15-7-5-3-4-6-8-15/h9-11,15H,3-8,12H2,1-2H3,(H,22,23). The van der Waals surface area contributed by atoms with Crippen LogP contribution in [0, 0.1) is 13.8 Å². The van der Waals surface area contributed by atoms with Crippen LogP contribution in [0.2, 0.25) is 0 Å². The Morgan fingerprint density at radius 1 is 1.24 bits per heavy atom. The number of nitrogens with zero attached hydrogens (tertiary/aromatic N) is 2. The molecule has 6 heteroatoms. The first-order valence-electron chi connectivity index (χ1n) is 8.94.